The van der Waals surface area contributed by atoms with Gasteiger partial charge in [0.2, 0.25) is 15.9 Å². The number of thiophene rings is 1. The van der Waals surface area contributed by atoms with E-state index in [4.69, 9.17) is 15.9 Å². The molecule has 1 amide bonds. The van der Waals surface area contributed by atoms with Gasteiger partial charge >= 0.3 is 0 Å². The molecule has 4 rings (SSSR count). The number of hydrogen-bond acceptors (Lipinski definition) is 6. The topological polar surface area (TPSA) is 126 Å². The number of amidine groups is 1. The number of nitrogen functional groups attached to an aromatic ring is 1. The number of hydrogen-bond donors (Lipinski definition) is 3. The third-order valence-electron chi connectivity index (χ3n) is 5.28. The van der Waals surface area contributed by atoms with Crippen LogP contribution in [0.1, 0.15) is 16.9 Å². The summed E-state index contributed by atoms with van der Waals surface area (Å²) in [5, 5.41) is 11.1. The van der Waals surface area contributed by atoms with E-state index in [0.717, 1.165) is 16.3 Å². The van der Waals surface area contributed by atoms with Gasteiger partial charge in [0.15, 0.2) is 0 Å². The van der Waals surface area contributed by atoms with Crippen molar-refractivity contribution in [3.63, 3.8) is 0 Å². The van der Waals surface area contributed by atoms with Gasteiger partial charge in [-0.05, 0) is 58.5 Å². The number of rotatable bonds is 7. The molecule has 2 aromatic carbocycles. The molecule has 1 fully saturated rings. The van der Waals surface area contributed by atoms with Gasteiger partial charge in [-0.15, -0.1) is 11.3 Å². The summed E-state index contributed by atoms with van der Waals surface area (Å²) >= 11 is 1.35. The van der Waals surface area contributed by atoms with Crippen LogP contribution in [0.5, 0.6) is 5.75 Å². The second kappa shape index (κ2) is 8.29. The van der Waals surface area contributed by atoms with Crippen molar-refractivity contribution in [3.8, 4) is 5.75 Å². The maximum Gasteiger partial charge on any atom is 0.241 e. The van der Waals surface area contributed by atoms with Gasteiger partial charge < -0.3 is 15.4 Å². The third kappa shape index (κ3) is 4.27. The Balaban J connectivity index is 1.51. The largest absolute Gasteiger partial charge is 0.497 e. The predicted molar refractivity (Wildman–Crippen MR) is 120 cm³/mol. The van der Waals surface area contributed by atoms with Crippen molar-refractivity contribution >= 4 is 43.9 Å². The van der Waals surface area contributed by atoms with Gasteiger partial charge in [-0.25, -0.2) is 8.42 Å². The van der Waals surface area contributed by atoms with E-state index in [9.17, 15) is 13.2 Å². The molecule has 1 aliphatic rings. The number of likely N-dealkylation sites (tertiary alicyclic amines) is 1. The number of benzene rings is 2. The van der Waals surface area contributed by atoms with E-state index in [2.05, 4.69) is 4.72 Å². The fourth-order valence-electron chi connectivity index (χ4n) is 3.66. The first-order valence-corrected chi connectivity index (χ1v) is 11.9. The number of nitrogens with one attached hydrogen (secondary N) is 2. The lowest BCUT2D eigenvalue weighted by atomic mass is 10.1. The van der Waals surface area contributed by atoms with Crippen LogP contribution >= 0.6 is 11.3 Å². The monoisotopic (exact) mass is 458 g/mol. The minimum Gasteiger partial charge on any atom is -0.497 e. The summed E-state index contributed by atoms with van der Waals surface area (Å²) in [7, 11) is -2.33. The quantitative estimate of drug-likeness (QED) is 0.370. The highest BCUT2D eigenvalue weighted by molar-refractivity contribution is 7.89. The molecule has 2 heterocycles. The van der Waals surface area contributed by atoms with Crippen LogP contribution in [-0.2, 0) is 21.4 Å². The highest BCUT2D eigenvalue weighted by Gasteiger charge is 2.35. The molecule has 1 unspecified atom stereocenters. The van der Waals surface area contributed by atoms with Gasteiger partial charge in [-0.3, -0.25) is 10.2 Å². The molecule has 31 heavy (non-hydrogen) atoms. The highest BCUT2D eigenvalue weighted by atomic mass is 32.2. The zero-order chi connectivity index (χ0) is 22.2. The third-order valence-corrected chi connectivity index (χ3v) is 7.74. The summed E-state index contributed by atoms with van der Waals surface area (Å²) in [6.07, 6.45) is 0.374. The Morgan fingerprint density at radius 2 is 2.03 bits per heavy atom. The maximum atomic E-state index is 12.9. The van der Waals surface area contributed by atoms with Crippen molar-refractivity contribution in [1.82, 2.24) is 9.62 Å². The highest BCUT2D eigenvalue weighted by Crippen LogP contribution is 2.25. The SMILES string of the molecule is COc1ccc2ccc(S(=O)(=O)NC3CCN(Cc4ccsc4C(=N)N)C3=O)cc2c1. The minimum absolute atomic E-state index is 0.0400. The van der Waals surface area contributed by atoms with Crippen LogP contribution in [0, 0.1) is 5.41 Å². The normalized spacial score (nSPS) is 16.7. The zero-order valence-electron chi connectivity index (χ0n) is 16.8. The molecule has 0 radical (unpaired) electrons. The maximum absolute atomic E-state index is 12.9. The Kier molecular flexibility index (Phi) is 5.69. The second-order valence-electron chi connectivity index (χ2n) is 7.29. The molecule has 1 saturated heterocycles. The number of methoxy groups -OCH3 is 1. The van der Waals surface area contributed by atoms with Crippen molar-refractivity contribution < 1.29 is 17.9 Å². The van der Waals surface area contributed by atoms with E-state index in [1.165, 1.54) is 17.4 Å². The summed E-state index contributed by atoms with van der Waals surface area (Å²) in [5.74, 6) is 0.309. The fourth-order valence-corrected chi connectivity index (χ4v) is 5.70. The lowest BCUT2D eigenvalue weighted by Crippen LogP contribution is -2.41. The van der Waals surface area contributed by atoms with E-state index >= 15 is 0 Å². The average Bonchev–Trinajstić information content (AvgIpc) is 3.35. The standard InChI is InChI=1S/C21H22N4O4S2/c1-29-16-4-2-13-3-5-17(11-15(13)10-16)31(27,28)24-18-6-8-25(21(18)26)12-14-7-9-30-19(14)20(22)23/h2-5,7,9-11,18,24H,6,8,12H2,1H3,(H3,22,23). The molecule has 1 atom stereocenters. The Labute approximate surface area is 184 Å². The van der Waals surface area contributed by atoms with Crippen LogP contribution in [0.15, 0.2) is 52.7 Å². The summed E-state index contributed by atoms with van der Waals surface area (Å²) < 4.78 is 33.6. The molecule has 1 aromatic heterocycles. The number of nitrogens with two attached hydrogens (primary N) is 1. The summed E-state index contributed by atoms with van der Waals surface area (Å²) in [5.41, 5.74) is 6.38. The molecule has 8 nitrogen and oxygen atoms in total. The van der Waals surface area contributed by atoms with Gasteiger partial charge in [0, 0.05) is 13.1 Å². The van der Waals surface area contributed by atoms with Gasteiger partial charge in [0.25, 0.3) is 0 Å². The molecular formula is C21H22N4O4S2. The first kappa shape index (κ1) is 21.3. The van der Waals surface area contributed by atoms with Crippen molar-refractivity contribution in [3.05, 3.63) is 58.3 Å². The number of amides is 1. The number of carbonyl (C=O) groups excluding carboxylic acids is 1. The first-order chi connectivity index (χ1) is 14.8. The van der Waals surface area contributed by atoms with E-state index in [1.807, 2.05) is 23.6 Å². The predicted octanol–water partition coefficient (Wildman–Crippen LogP) is 2.27. The smallest absolute Gasteiger partial charge is 0.241 e. The number of carbonyl (C=O) groups is 1. The van der Waals surface area contributed by atoms with E-state index in [-0.39, 0.29) is 16.6 Å². The van der Waals surface area contributed by atoms with Crippen molar-refractivity contribution in [2.75, 3.05) is 13.7 Å². The Morgan fingerprint density at radius 1 is 1.26 bits per heavy atom. The van der Waals surface area contributed by atoms with Crippen LogP contribution in [0.4, 0.5) is 0 Å². The zero-order valence-corrected chi connectivity index (χ0v) is 18.4. The molecule has 0 spiro atoms. The van der Waals surface area contributed by atoms with E-state index < -0.39 is 16.1 Å². The summed E-state index contributed by atoms with van der Waals surface area (Å²) in [6, 6.07) is 11.3. The molecule has 4 N–H and O–H groups in total. The van der Waals surface area contributed by atoms with E-state index in [1.54, 1.807) is 30.2 Å². The van der Waals surface area contributed by atoms with Crippen LogP contribution in [0.2, 0.25) is 0 Å². The number of nitrogens with zero attached hydrogens (tertiary/aromatic N) is 1. The molecule has 0 aliphatic carbocycles. The van der Waals surface area contributed by atoms with Crippen molar-refractivity contribution in [1.29, 1.82) is 5.41 Å². The Bertz CT molecular complexity index is 1270. The number of fused-ring (bicyclic) bond motifs is 1. The Hall–Kier alpha value is -2.95. The van der Waals surface area contributed by atoms with Crippen LogP contribution in [0.25, 0.3) is 10.8 Å². The lowest BCUT2D eigenvalue weighted by Gasteiger charge is -2.17. The molecule has 162 valence electrons. The van der Waals surface area contributed by atoms with Gasteiger partial charge in [-0.2, -0.15) is 4.72 Å². The lowest BCUT2D eigenvalue weighted by molar-refractivity contribution is -0.129. The fraction of sp³-hybridized carbons (Fsp3) is 0.238. The van der Waals surface area contributed by atoms with Crippen molar-refractivity contribution in [2.45, 2.75) is 23.9 Å². The molecule has 10 heteroatoms. The Morgan fingerprint density at radius 3 is 2.77 bits per heavy atom. The molecule has 1 aliphatic heterocycles. The summed E-state index contributed by atoms with van der Waals surface area (Å²) in [6.45, 7) is 0.722. The summed E-state index contributed by atoms with van der Waals surface area (Å²) in [4.78, 5) is 15.1. The molecule has 0 saturated carbocycles. The first-order valence-electron chi connectivity index (χ1n) is 9.58. The number of sulfonamides is 1. The van der Waals surface area contributed by atoms with Gasteiger partial charge in [0.05, 0.1) is 16.9 Å². The van der Waals surface area contributed by atoms with Gasteiger partial charge in [0.1, 0.15) is 17.6 Å². The average molecular weight is 459 g/mol. The second-order valence-corrected chi connectivity index (χ2v) is 9.92. The van der Waals surface area contributed by atoms with Gasteiger partial charge in [-0.1, -0.05) is 12.1 Å². The minimum atomic E-state index is -3.89. The molecule has 3 aromatic rings. The van der Waals surface area contributed by atoms with E-state index in [0.29, 0.717) is 30.1 Å². The number of ether oxygens (including phenoxy) is 1. The molecular weight excluding hydrogens is 436 g/mol. The van der Waals surface area contributed by atoms with Crippen LogP contribution < -0.4 is 15.2 Å². The molecule has 0 bridgehead atoms. The van der Waals surface area contributed by atoms with Crippen LogP contribution in [0.3, 0.4) is 0 Å². The van der Waals surface area contributed by atoms with Crippen LogP contribution in [-0.4, -0.2) is 44.8 Å². The van der Waals surface area contributed by atoms with Crippen molar-refractivity contribution in [2.24, 2.45) is 5.73 Å².